The molecule has 2 rings (SSSR count). The molecule has 0 aliphatic rings. The van der Waals surface area contributed by atoms with E-state index in [0.29, 0.717) is 31.4 Å². The number of phenols is 1. The summed E-state index contributed by atoms with van der Waals surface area (Å²) < 4.78 is 13.3. The number of aromatic hydroxyl groups is 1. The standard InChI is InChI=1S/C20H23FN2O3/c1-14-7-10-16(11-8-14)23(17-12-9-15(21)13-18(17)24)20(26)6-4-2-3-5-19(22)25/h7-13,24H,2-6H2,1H3,(H2,22,25). The molecular weight excluding hydrogens is 335 g/mol. The van der Waals surface area contributed by atoms with Gasteiger partial charge in [0.25, 0.3) is 0 Å². The fraction of sp³-hybridized carbons (Fsp3) is 0.300. The average Bonchev–Trinajstić information content (AvgIpc) is 2.58. The SMILES string of the molecule is Cc1ccc(N(C(=O)CCCCCC(N)=O)c2ccc(F)cc2O)cc1. The first-order chi connectivity index (χ1) is 12.4. The van der Waals surface area contributed by atoms with E-state index in [9.17, 15) is 19.1 Å². The van der Waals surface area contributed by atoms with E-state index in [0.717, 1.165) is 11.6 Å². The average molecular weight is 358 g/mol. The molecule has 0 unspecified atom stereocenters. The number of hydrogen-bond acceptors (Lipinski definition) is 3. The van der Waals surface area contributed by atoms with Crippen molar-refractivity contribution in [2.24, 2.45) is 5.73 Å². The normalized spacial score (nSPS) is 10.5. The van der Waals surface area contributed by atoms with E-state index in [-0.39, 0.29) is 29.7 Å². The zero-order valence-corrected chi connectivity index (χ0v) is 14.7. The van der Waals surface area contributed by atoms with Crippen LogP contribution in [0.15, 0.2) is 42.5 Å². The van der Waals surface area contributed by atoms with Gasteiger partial charge in [-0.2, -0.15) is 0 Å². The van der Waals surface area contributed by atoms with Crippen LogP contribution >= 0.6 is 0 Å². The number of benzene rings is 2. The van der Waals surface area contributed by atoms with Crippen LogP contribution in [0.4, 0.5) is 15.8 Å². The maximum atomic E-state index is 13.3. The Balaban J connectivity index is 2.19. The van der Waals surface area contributed by atoms with Crippen LogP contribution in [0.3, 0.4) is 0 Å². The number of primary amides is 1. The topological polar surface area (TPSA) is 83.6 Å². The molecule has 0 heterocycles. The summed E-state index contributed by atoms with van der Waals surface area (Å²) in [5, 5.41) is 10.1. The van der Waals surface area contributed by atoms with Crippen molar-refractivity contribution >= 4 is 23.2 Å². The number of anilines is 2. The Kier molecular flexibility index (Phi) is 6.72. The predicted octanol–water partition coefficient (Wildman–Crippen LogP) is 3.94. The Labute approximate surface area is 152 Å². The summed E-state index contributed by atoms with van der Waals surface area (Å²) in [7, 11) is 0. The van der Waals surface area contributed by atoms with Gasteiger partial charge < -0.3 is 10.8 Å². The Morgan fingerprint density at radius 3 is 2.31 bits per heavy atom. The number of rotatable bonds is 8. The quantitative estimate of drug-likeness (QED) is 0.701. The summed E-state index contributed by atoms with van der Waals surface area (Å²) >= 11 is 0. The highest BCUT2D eigenvalue weighted by Gasteiger charge is 2.21. The van der Waals surface area contributed by atoms with Gasteiger partial charge in [-0.3, -0.25) is 14.5 Å². The number of aryl methyl sites for hydroxylation is 1. The minimum absolute atomic E-state index is 0.213. The van der Waals surface area contributed by atoms with Crippen LogP contribution in [0, 0.1) is 12.7 Å². The van der Waals surface area contributed by atoms with Gasteiger partial charge in [0.1, 0.15) is 11.6 Å². The lowest BCUT2D eigenvalue weighted by molar-refractivity contribution is -0.118. The van der Waals surface area contributed by atoms with Crippen LogP contribution in [0.5, 0.6) is 5.75 Å². The third kappa shape index (κ3) is 5.31. The molecule has 0 saturated heterocycles. The molecule has 0 saturated carbocycles. The summed E-state index contributed by atoms with van der Waals surface area (Å²) in [6, 6.07) is 10.9. The lowest BCUT2D eigenvalue weighted by Crippen LogP contribution is -2.25. The summed E-state index contributed by atoms with van der Waals surface area (Å²) in [4.78, 5) is 24.9. The molecule has 0 bridgehead atoms. The number of carbonyl (C=O) groups excluding carboxylic acids is 2. The van der Waals surface area contributed by atoms with Crippen molar-refractivity contribution in [2.75, 3.05) is 4.90 Å². The number of carbonyl (C=O) groups is 2. The maximum absolute atomic E-state index is 13.3. The number of halogens is 1. The van der Waals surface area contributed by atoms with Gasteiger partial charge in [-0.25, -0.2) is 4.39 Å². The first-order valence-corrected chi connectivity index (χ1v) is 8.55. The van der Waals surface area contributed by atoms with Gasteiger partial charge in [0.05, 0.1) is 5.69 Å². The van der Waals surface area contributed by atoms with Gasteiger partial charge in [0, 0.05) is 24.6 Å². The molecule has 3 N–H and O–H groups in total. The minimum Gasteiger partial charge on any atom is -0.506 e. The third-order valence-corrected chi connectivity index (χ3v) is 4.03. The van der Waals surface area contributed by atoms with Gasteiger partial charge in [-0.05, 0) is 44.0 Å². The van der Waals surface area contributed by atoms with Crippen LogP contribution < -0.4 is 10.6 Å². The van der Waals surface area contributed by atoms with E-state index in [4.69, 9.17) is 5.73 Å². The second-order valence-corrected chi connectivity index (χ2v) is 6.22. The fourth-order valence-corrected chi connectivity index (χ4v) is 2.66. The molecule has 0 aliphatic carbocycles. The highest BCUT2D eigenvalue weighted by atomic mass is 19.1. The van der Waals surface area contributed by atoms with Crippen molar-refractivity contribution in [3.8, 4) is 5.75 Å². The molecule has 26 heavy (non-hydrogen) atoms. The third-order valence-electron chi connectivity index (χ3n) is 4.03. The van der Waals surface area contributed by atoms with Crippen LogP contribution in [0.1, 0.15) is 37.7 Å². The first kappa shape index (κ1) is 19.4. The number of phenolic OH excluding ortho intramolecular Hbond substituents is 1. The Bertz CT molecular complexity index is 775. The number of nitrogens with zero attached hydrogens (tertiary/aromatic N) is 1. The molecule has 2 aromatic carbocycles. The summed E-state index contributed by atoms with van der Waals surface area (Å²) in [5.41, 5.74) is 6.97. The molecule has 0 atom stereocenters. The van der Waals surface area contributed by atoms with E-state index >= 15 is 0 Å². The molecule has 5 nitrogen and oxygen atoms in total. The van der Waals surface area contributed by atoms with Crippen LogP contribution in [-0.2, 0) is 9.59 Å². The molecular formula is C20H23FN2O3. The van der Waals surface area contributed by atoms with E-state index in [2.05, 4.69) is 0 Å². The molecule has 0 aliphatic heterocycles. The fourth-order valence-electron chi connectivity index (χ4n) is 2.66. The molecule has 138 valence electrons. The smallest absolute Gasteiger partial charge is 0.231 e. The molecule has 6 heteroatoms. The van der Waals surface area contributed by atoms with Crippen molar-refractivity contribution in [3.05, 3.63) is 53.8 Å². The van der Waals surface area contributed by atoms with Gasteiger partial charge in [0.2, 0.25) is 11.8 Å². The van der Waals surface area contributed by atoms with Crippen LogP contribution in [0.25, 0.3) is 0 Å². The van der Waals surface area contributed by atoms with Crippen molar-refractivity contribution in [3.63, 3.8) is 0 Å². The lowest BCUT2D eigenvalue weighted by atomic mass is 10.1. The number of unbranched alkanes of at least 4 members (excludes halogenated alkanes) is 2. The number of nitrogens with two attached hydrogens (primary N) is 1. The van der Waals surface area contributed by atoms with Gasteiger partial charge in [-0.15, -0.1) is 0 Å². The molecule has 2 amide bonds. The Hall–Kier alpha value is -2.89. The number of hydrogen-bond donors (Lipinski definition) is 2. The number of amides is 2. The molecule has 0 fully saturated rings. The van der Waals surface area contributed by atoms with Crippen molar-refractivity contribution in [1.82, 2.24) is 0 Å². The van der Waals surface area contributed by atoms with E-state index in [1.165, 1.54) is 17.0 Å². The van der Waals surface area contributed by atoms with Crippen molar-refractivity contribution in [2.45, 2.75) is 39.0 Å². The summed E-state index contributed by atoms with van der Waals surface area (Å²) in [6.07, 6.45) is 2.47. The van der Waals surface area contributed by atoms with E-state index < -0.39 is 5.82 Å². The molecule has 0 spiro atoms. The summed E-state index contributed by atoms with van der Waals surface area (Å²) in [6.45, 7) is 1.93. The zero-order chi connectivity index (χ0) is 19.1. The lowest BCUT2D eigenvalue weighted by Gasteiger charge is -2.24. The van der Waals surface area contributed by atoms with Crippen LogP contribution in [-0.4, -0.2) is 16.9 Å². The monoisotopic (exact) mass is 358 g/mol. The largest absolute Gasteiger partial charge is 0.506 e. The van der Waals surface area contributed by atoms with E-state index in [1.54, 1.807) is 12.1 Å². The minimum atomic E-state index is -0.575. The van der Waals surface area contributed by atoms with Crippen molar-refractivity contribution in [1.29, 1.82) is 0 Å². The highest BCUT2D eigenvalue weighted by molar-refractivity contribution is 6.01. The summed E-state index contributed by atoms with van der Waals surface area (Å²) in [5.74, 6) is -1.44. The second-order valence-electron chi connectivity index (χ2n) is 6.22. The van der Waals surface area contributed by atoms with Crippen molar-refractivity contribution < 1.29 is 19.1 Å². The maximum Gasteiger partial charge on any atom is 0.231 e. The van der Waals surface area contributed by atoms with Gasteiger partial charge >= 0.3 is 0 Å². The van der Waals surface area contributed by atoms with Gasteiger partial charge in [0.15, 0.2) is 0 Å². The predicted molar refractivity (Wildman–Crippen MR) is 98.7 cm³/mol. The van der Waals surface area contributed by atoms with Gasteiger partial charge in [-0.1, -0.05) is 24.1 Å². The Morgan fingerprint density at radius 1 is 1.04 bits per heavy atom. The molecule has 0 radical (unpaired) electrons. The zero-order valence-electron chi connectivity index (χ0n) is 14.7. The van der Waals surface area contributed by atoms with E-state index in [1.807, 2.05) is 19.1 Å². The first-order valence-electron chi connectivity index (χ1n) is 8.55. The highest BCUT2D eigenvalue weighted by Crippen LogP contribution is 2.34. The second kappa shape index (κ2) is 8.99. The van der Waals surface area contributed by atoms with Crippen LogP contribution in [0.2, 0.25) is 0 Å². The molecule has 2 aromatic rings. The molecule has 0 aromatic heterocycles. The Morgan fingerprint density at radius 2 is 1.69 bits per heavy atom.